The van der Waals surface area contributed by atoms with Gasteiger partial charge in [0.15, 0.2) is 11.5 Å². The molecule has 4 rings (SSSR count). The molecule has 100 valence electrons. The Hall–Kier alpha value is -2.46. The van der Waals surface area contributed by atoms with Crippen LogP contribution >= 0.6 is 0 Å². The minimum absolute atomic E-state index is 0.125. The first-order valence-electron chi connectivity index (χ1n) is 6.58. The molecule has 0 aliphatic carbocycles. The zero-order chi connectivity index (χ0) is 13.4. The van der Waals surface area contributed by atoms with Crippen molar-refractivity contribution in [2.75, 3.05) is 6.79 Å². The summed E-state index contributed by atoms with van der Waals surface area (Å²) in [5.41, 5.74) is 9.91. The lowest BCUT2D eigenvalue weighted by molar-refractivity contribution is 0.174. The maximum absolute atomic E-state index is 5.42. The van der Waals surface area contributed by atoms with Crippen molar-refractivity contribution in [2.24, 2.45) is 0 Å². The van der Waals surface area contributed by atoms with E-state index in [1.54, 1.807) is 0 Å². The second-order valence-corrected chi connectivity index (χ2v) is 4.81. The molecule has 2 aliphatic heterocycles. The maximum Gasteiger partial charge on any atom is 0.231 e. The van der Waals surface area contributed by atoms with E-state index in [2.05, 4.69) is 35.1 Å². The van der Waals surface area contributed by atoms with Gasteiger partial charge in [0.05, 0.1) is 11.7 Å². The van der Waals surface area contributed by atoms with E-state index < -0.39 is 0 Å². The fourth-order valence-electron chi connectivity index (χ4n) is 2.48. The van der Waals surface area contributed by atoms with E-state index in [1.807, 2.05) is 30.3 Å². The lowest BCUT2D eigenvalue weighted by Gasteiger charge is -2.09. The minimum Gasteiger partial charge on any atom is -0.454 e. The van der Waals surface area contributed by atoms with Gasteiger partial charge in [0, 0.05) is 0 Å². The molecule has 0 saturated carbocycles. The van der Waals surface area contributed by atoms with Crippen LogP contribution in [0.25, 0.3) is 5.70 Å². The molecule has 2 heterocycles. The molecule has 4 heteroatoms. The molecule has 1 unspecified atom stereocenters. The van der Waals surface area contributed by atoms with E-state index in [0.29, 0.717) is 6.79 Å². The molecule has 0 aromatic heterocycles. The largest absolute Gasteiger partial charge is 0.454 e. The lowest BCUT2D eigenvalue weighted by atomic mass is 10.0. The number of hydrazine groups is 1. The second kappa shape index (κ2) is 4.58. The first-order chi connectivity index (χ1) is 9.90. The van der Waals surface area contributed by atoms with Crippen molar-refractivity contribution in [1.82, 2.24) is 10.9 Å². The summed E-state index contributed by atoms with van der Waals surface area (Å²) >= 11 is 0. The molecule has 20 heavy (non-hydrogen) atoms. The molecule has 0 fully saturated rings. The Balaban J connectivity index is 1.63. The molecule has 0 radical (unpaired) electrons. The predicted molar refractivity (Wildman–Crippen MR) is 76.0 cm³/mol. The Kier molecular flexibility index (Phi) is 2.60. The number of hydrogen-bond acceptors (Lipinski definition) is 4. The fraction of sp³-hybridized carbons (Fsp3) is 0.125. The van der Waals surface area contributed by atoms with Crippen molar-refractivity contribution in [3.63, 3.8) is 0 Å². The predicted octanol–water partition coefficient (Wildman–Crippen LogP) is 2.61. The van der Waals surface area contributed by atoms with Gasteiger partial charge < -0.3 is 14.9 Å². The Bertz CT molecular complexity index is 667. The van der Waals surface area contributed by atoms with Gasteiger partial charge in [0.2, 0.25) is 6.79 Å². The van der Waals surface area contributed by atoms with Gasteiger partial charge in [-0.2, -0.15) is 0 Å². The van der Waals surface area contributed by atoms with Crippen molar-refractivity contribution in [2.45, 2.75) is 6.04 Å². The molecule has 0 bridgehead atoms. The molecule has 0 amide bonds. The molecule has 2 aromatic carbocycles. The van der Waals surface area contributed by atoms with Gasteiger partial charge in [0.1, 0.15) is 0 Å². The van der Waals surface area contributed by atoms with Crippen LogP contribution in [-0.2, 0) is 0 Å². The number of benzene rings is 2. The summed E-state index contributed by atoms with van der Waals surface area (Å²) in [6.07, 6.45) is 2.17. The van der Waals surface area contributed by atoms with Gasteiger partial charge in [-0.05, 0) is 29.3 Å². The summed E-state index contributed by atoms with van der Waals surface area (Å²) in [6, 6.07) is 16.4. The highest BCUT2D eigenvalue weighted by Crippen LogP contribution is 2.35. The van der Waals surface area contributed by atoms with Crippen LogP contribution in [0.1, 0.15) is 17.2 Å². The summed E-state index contributed by atoms with van der Waals surface area (Å²) in [5.74, 6) is 1.62. The minimum atomic E-state index is 0.125. The highest BCUT2D eigenvalue weighted by molar-refractivity contribution is 5.66. The van der Waals surface area contributed by atoms with Crippen molar-refractivity contribution < 1.29 is 9.47 Å². The Morgan fingerprint density at radius 3 is 2.70 bits per heavy atom. The standard InChI is InChI=1S/C16H14N2O2/c1-2-4-11(5-3-1)13-9-14(18-17-13)12-6-7-15-16(8-12)20-10-19-15/h1-9,14,17-18H,10H2. The average molecular weight is 266 g/mol. The number of ether oxygens (including phenoxy) is 2. The summed E-state index contributed by atoms with van der Waals surface area (Å²) in [5, 5.41) is 0. The number of hydrogen-bond donors (Lipinski definition) is 2. The van der Waals surface area contributed by atoms with Crippen LogP contribution in [0, 0.1) is 0 Å². The van der Waals surface area contributed by atoms with Crippen LogP contribution < -0.4 is 20.3 Å². The molecular weight excluding hydrogens is 252 g/mol. The van der Waals surface area contributed by atoms with Crippen molar-refractivity contribution in [1.29, 1.82) is 0 Å². The molecule has 0 spiro atoms. The smallest absolute Gasteiger partial charge is 0.231 e. The van der Waals surface area contributed by atoms with Crippen molar-refractivity contribution in [3.05, 3.63) is 65.7 Å². The average Bonchev–Trinajstić information content (AvgIpc) is 3.16. The van der Waals surface area contributed by atoms with E-state index in [0.717, 1.165) is 22.8 Å². The summed E-state index contributed by atoms with van der Waals surface area (Å²) < 4.78 is 10.8. The summed E-state index contributed by atoms with van der Waals surface area (Å²) in [4.78, 5) is 0. The highest BCUT2D eigenvalue weighted by Gasteiger charge is 2.20. The third-order valence-corrected chi connectivity index (χ3v) is 3.54. The monoisotopic (exact) mass is 266 g/mol. The van der Waals surface area contributed by atoms with Crippen molar-refractivity contribution in [3.8, 4) is 11.5 Å². The van der Waals surface area contributed by atoms with E-state index >= 15 is 0 Å². The molecule has 1 atom stereocenters. The van der Waals surface area contributed by atoms with E-state index in [-0.39, 0.29) is 6.04 Å². The quantitative estimate of drug-likeness (QED) is 0.877. The van der Waals surface area contributed by atoms with Crippen molar-refractivity contribution >= 4 is 5.70 Å². The first kappa shape index (κ1) is 11.4. The van der Waals surface area contributed by atoms with E-state index in [9.17, 15) is 0 Å². The van der Waals surface area contributed by atoms with Gasteiger partial charge in [-0.15, -0.1) is 0 Å². The van der Waals surface area contributed by atoms with E-state index in [1.165, 1.54) is 5.56 Å². The van der Waals surface area contributed by atoms with Gasteiger partial charge in [0.25, 0.3) is 0 Å². The van der Waals surface area contributed by atoms with Gasteiger partial charge in [-0.3, -0.25) is 0 Å². The third-order valence-electron chi connectivity index (χ3n) is 3.54. The van der Waals surface area contributed by atoms with Crippen LogP contribution in [-0.4, -0.2) is 6.79 Å². The first-order valence-corrected chi connectivity index (χ1v) is 6.58. The summed E-state index contributed by atoms with van der Waals surface area (Å²) in [6.45, 7) is 0.306. The maximum atomic E-state index is 5.42. The topological polar surface area (TPSA) is 42.5 Å². The van der Waals surface area contributed by atoms with Crippen LogP contribution in [0.5, 0.6) is 11.5 Å². The zero-order valence-electron chi connectivity index (χ0n) is 10.8. The van der Waals surface area contributed by atoms with Crippen LogP contribution in [0.2, 0.25) is 0 Å². The molecule has 2 aromatic rings. The Labute approximate surface area is 117 Å². The molecular formula is C16H14N2O2. The second-order valence-electron chi connectivity index (χ2n) is 4.81. The van der Waals surface area contributed by atoms with Crippen LogP contribution in [0.15, 0.2) is 54.6 Å². The highest BCUT2D eigenvalue weighted by atomic mass is 16.7. The number of fused-ring (bicyclic) bond motifs is 1. The Morgan fingerprint density at radius 1 is 0.950 bits per heavy atom. The summed E-state index contributed by atoms with van der Waals surface area (Å²) in [7, 11) is 0. The SMILES string of the molecule is C1=C(c2ccccc2)NNC1c1ccc2c(c1)OCO2. The third kappa shape index (κ3) is 1.90. The molecule has 4 nitrogen and oxygen atoms in total. The number of rotatable bonds is 2. The fourth-order valence-corrected chi connectivity index (χ4v) is 2.48. The number of nitrogens with one attached hydrogen (secondary N) is 2. The van der Waals surface area contributed by atoms with Gasteiger partial charge >= 0.3 is 0 Å². The Morgan fingerprint density at radius 2 is 1.80 bits per heavy atom. The lowest BCUT2D eigenvalue weighted by Crippen LogP contribution is -2.26. The van der Waals surface area contributed by atoms with Crippen LogP contribution in [0.4, 0.5) is 0 Å². The van der Waals surface area contributed by atoms with Gasteiger partial charge in [-0.25, -0.2) is 5.43 Å². The normalized spacial score (nSPS) is 19.6. The molecule has 0 saturated heterocycles. The van der Waals surface area contributed by atoms with E-state index in [4.69, 9.17) is 9.47 Å². The van der Waals surface area contributed by atoms with Crippen LogP contribution in [0.3, 0.4) is 0 Å². The van der Waals surface area contributed by atoms with Gasteiger partial charge in [-0.1, -0.05) is 36.4 Å². The molecule has 2 aliphatic rings. The zero-order valence-corrected chi connectivity index (χ0v) is 10.8. The molecule has 2 N–H and O–H groups in total.